The van der Waals surface area contributed by atoms with Crippen molar-refractivity contribution in [3.8, 4) is 0 Å². The first-order chi connectivity index (χ1) is 8.26. The third kappa shape index (κ3) is 2.20. The van der Waals surface area contributed by atoms with Gasteiger partial charge < -0.3 is 5.32 Å². The van der Waals surface area contributed by atoms with Gasteiger partial charge in [0, 0.05) is 6.54 Å². The quantitative estimate of drug-likeness (QED) is 0.496. The highest BCUT2D eigenvalue weighted by Gasteiger charge is 2.47. The van der Waals surface area contributed by atoms with Gasteiger partial charge in [0.1, 0.15) is 0 Å². The molecule has 4 rings (SSSR count). The number of hydrazine groups is 1. The van der Waals surface area contributed by atoms with Gasteiger partial charge in [0.25, 0.3) is 0 Å². The molecule has 1 amide bonds. The third-order valence-electron chi connectivity index (χ3n) is 5.22. The zero-order valence-electron chi connectivity index (χ0n) is 10.3. The minimum Gasteiger partial charge on any atom is -0.355 e. The molecule has 0 saturated heterocycles. The van der Waals surface area contributed by atoms with Gasteiger partial charge in [-0.25, -0.2) is 0 Å². The standard InChI is InChI=1S/C13H23N3O/c14-16-7-13(17)15-6-12-10-2-8-1-9(4-10)5-11(12)3-8/h8-12,16H,1-7,14H2,(H,15,17). The predicted molar refractivity (Wildman–Crippen MR) is 65.7 cm³/mol. The first kappa shape index (κ1) is 11.5. The van der Waals surface area contributed by atoms with Gasteiger partial charge in [0.2, 0.25) is 5.91 Å². The van der Waals surface area contributed by atoms with E-state index in [1.165, 1.54) is 32.1 Å². The summed E-state index contributed by atoms with van der Waals surface area (Å²) in [4.78, 5) is 11.4. The van der Waals surface area contributed by atoms with Crippen molar-refractivity contribution in [3.63, 3.8) is 0 Å². The lowest BCUT2D eigenvalue weighted by Crippen LogP contribution is -2.50. The second-order valence-electron chi connectivity index (χ2n) is 6.28. The Morgan fingerprint density at radius 2 is 1.65 bits per heavy atom. The molecular formula is C13H23N3O. The average molecular weight is 237 g/mol. The molecule has 0 spiro atoms. The number of carbonyl (C=O) groups excluding carboxylic acids is 1. The summed E-state index contributed by atoms with van der Waals surface area (Å²) >= 11 is 0. The normalized spacial score (nSPS) is 42.8. The Bertz CT molecular complexity index is 277. The molecule has 0 aliphatic heterocycles. The Labute approximate surface area is 103 Å². The van der Waals surface area contributed by atoms with Crippen LogP contribution in [0.15, 0.2) is 0 Å². The van der Waals surface area contributed by atoms with Gasteiger partial charge in [0.15, 0.2) is 0 Å². The van der Waals surface area contributed by atoms with Crippen LogP contribution in [0, 0.1) is 29.6 Å². The molecule has 0 heterocycles. The fourth-order valence-corrected chi connectivity index (χ4v) is 4.76. The highest BCUT2D eigenvalue weighted by molar-refractivity contribution is 5.77. The minimum atomic E-state index is 0.0290. The molecule has 0 radical (unpaired) electrons. The monoisotopic (exact) mass is 237 g/mol. The molecule has 96 valence electrons. The van der Waals surface area contributed by atoms with E-state index in [1.54, 1.807) is 0 Å². The van der Waals surface area contributed by atoms with Crippen molar-refractivity contribution in [2.24, 2.45) is 35.4 Å². The molecule has 4 N–H and O–H groups in total. The number of hydrogen-bond donors (Lipinski definition) is 3. The number of rotatable bonds is 4. The first-order valence-corrected chi connectivity index (χ1v) is 6.96. The molecule has 0 aromatic carbocycles. The van der Waals surface area contributed by atoms with Crippen molar-refractivity contribution < 1.29 is 4.79 Å². The molecule has 4 nitrogen and oxygen atoms in total. The minimum absolute atomic E-state index is 0.0290. The molecule has 4 heteroatoms. The second-order valence-corrected chi connectivity index (χ2v) is 6.28. The maximum atomic E-state index is 11.4. The van der Waals surface area contributed by atoms with Crippen LogP contribution in [0.4, 0.5) is 0 Å². The van der Waals surface area contributed by atoms with E-state index in [4.69, 9.17) is 5.84 Å². The molecule has 0 unspecified atom stereocenters. The van der Waals surface area contributed by atoms with Crippen LogP contribution >= 0.6 is 0 Å². The summed E-state index contributed by atoms with van der Waals surface area (Å²) in [5.74, 6) is 9.70. The molecule has 0 atom stereocenters. The van der Waals surface area contributed by atoms with Crippen LogP contribution in [0.5, 0.6) is 0 Å². The van der Waals surface area contributed by atoms with Gasteiger partial charge in [-0.15, -0.1) is 0 Å². The zero-order valence-corrected chi connectivity index (χ0v) is 10.3. The predicted octanol–water partition coefficient (Wildman–Crippen LogP) is 0.638. The summed E-state index contributed by atoms with van der Waals surface area (Å²) in [7, 11) is 0. The van der Waals surface area contributed by atoms with Gasteiger partial charge in [-0.05, 0) is 61.7 Å². The van der Waals surface area contributed by atoms with Crippen LogP contribution < -0.4 is 16.6 Å². The molecule has 4 fully saturated rings. The van der Waals surface area contributed by atoms with Crippen LogP contribution in [0.1, 0.15) is 32.1 Å². The Balaban J connectivity index is 1.55. The lowest BCUT2D eigenvalue weighted by atomic mass is 9.52. The van der Waals surface area contributed by atoms with E-state index in [0.29, 0.717) is 0 Å². The number of nitrogens with two attached hydrogens (primary N) is 1. The fourth-order valence-electron chi connectivity index (χ4n) is 4.76. The summed E-state index contributed by atoms with van der Waals surface area (Å²) in [5.41, 5.74) is 2.41. The van der Waals surface area contributed by atoms with E-state index in [-0.39, 0.29) is 12.5 Å². The van der Waals surface area contributed by atoms with Crippen molar-refractivity contribution >= 4 is 5.91 Å². The maximum Gasteiger partial charge on any atom is 0.235 e. The number of amides is 1. The molecule has 4 saturated carbocycles. The SMILES string of the molecule is NNCC(=O)NCC1C2CC3CC(C2)CC1C3. The van der Waals surface area contributed by atoms with E-state index >= 15 is 0 Å². The van der Waals surface area contributed by atoms with E-state index < -0.39 is 0 Å². The fraction of sp³-hybridized carbons (Fsp3) is 0.923. The van der Waals surface area contributed by atoms with Crippen LogP contribution in [-0.2, 0) is 4.79 Å². The van der Waals surface area contributed by atoms with Crippen molar-refractivity contribution in [2.75, 3.05) is 13.1 Å². The molecule has 4 aliphatic rings. The Morgan fingerprint density at radius 1 is 1.06 bits per heavy atom. The zero-order chi connectivity index (χ0) is 11.8. The van der Waals surface area contributed by atoms with Crippen LogP contribution in [0.25, 0.3) is 0 Å². The topological polar surface area (TPSA) is 67.1 Å². The van der Waals surface area contributed by atoms with E-state index in [9.17, 15) is 4.79 Å². The highest BCUT2D eigenvalue weighted by Crippen LogP contribution is 2.56. The van der Waals surface area contributed by atoms with Gasteiger partial charge in [0.05, 0.1) is 6.54 Å². The lowest BCUT2D eigenvalue weighted by Gasteiger charge is -2.54. The molecule has 17 heavy (non-hydrogen) atoms. The molecule has 4 aliphatic carbocycles. The third-order valence-corrected chi connectivity index (χ3v) is 5.22. The summed E-state index contributed by atoms with van der Waals surface area (Å²) < 4.78 is 0. The summed E-state index contributed by atoms with van der Waals surface area (Å²) in [6.45, 7) is 1.10. The summed E-state index contributed by atoms with van der Waals surface area (Å²) in [5, 5.41) is 3.03. The van der Waals surface area contributed by atoms with E-state index in [2.05, 4.69) is 10.7 Å². The Kier molecular flexibility index (Phi) is 3.09. The van der Waals surface area contributed by atoms with Crippen molar-refractivity contribution in [3.05, 3.63) is 0 Å². The Hall–Kier alpha value is -0.610. The van der Waals surface area contributed by atoms with E-state index in [0.717, 1.165) is 36.1 Å². The summed E-state index contributed by atoms with van der Waals surface area (Å²) in [6, 6.07) is 0. The van der Waals surface area contributed by atoms with E-state index in [1.807, 2.05) is 0 Å². The van der Waals surface area contributed by atoms with Crippen LogP contribution in [-0.4, -0.2) is 19.0 Å². The highest BCUT2D eigenvalue weighted by atomic mass is 16.1. The number of carbonyl (C=O) groups is 1. The molecule has 0 aromatic heterocycles. The average Bonchev–Trinajstić information content (AvgIpc) is 2.27. The Morgan fingerprint density at radius 3 is 2.18 bits per heavy atom. The van der Waals surface area contributed by atoms with Crippen LogP contribution in [0.3, 0.4) is 0 Å². The largest absolute Gasteiger partial charge is 0.355 e. The van der Waals surface area contributed by atoms with Crippen molar-refractivity contribution in [1.29, 1.82) is 0 Å². The molecule has 0 aromatic rings. The molecule has 4 bridgehead atoms. The van der Waals surface area contributed by atoms with Gasteiger partial charge >= 0.3 is 0 Å². The van der Waals surface area contributed by atoms with Crippen LogP contribution in [0.2, 0.25) is 0 Å². The molecular weight excluding hydrogens is 214 g/mol. The first-order valence-electron chi connectivity index (χ1n) is 6.96. The van der Waals surface area contributed by atoms with Gasteiger partial charge in [-0.3, -0.25) is 16.1 Å². The van der Waals surface area contributed by atoms with Gasteiger partial charge in [-0.2, -0.15) is 0 Å². The number of nitrogens with one attached hydrogen (secondary N) is 2. The maximum absolute atomic E-state index is 11.4. The summed E-state index contributed by atoms with van der Waals surface area (Å²) in [6.07, 6.45) is 7.17. The lowest BCUT2D eigenvalue weighted by molar-refractivity contribution is -0.121. The van der Waals surface area contributed by atoms with Crippen molar-refractivity contribution in [1.82, 2.24) is 10.7 Å². The number of hydrogen-bond acceptors (Lipinski definition) is 3. The van der Waals surface area contributed by atoms with Crippen molar-refractivity contribution in [2.45, 2.75) is 32.1 Å². The smallest absolute Gasteiger partial charge is 0.235 e. The van der Waals surface area contributed by atoms with Gasteiger partial charge in [-0.1, -0.05) is 0 Å². The second kappa shape index (κ2) is 4.58.